The number of carbonyl (C=O) groups excluding carboxylic acids is 1. The lowest BCUT2D eigenvalue weighted by atomic mass is 10.1. The molecule has 0 aliphatic carbocycles. The number of unbranched alkanes of at least 4 members (excludes halogenated alkanes) is 2. The molecule has 0 amide bonds. The second-order valence-electron chi connectivity index (χ2n) is 6.10. The molecule has 0 aliphatic rings. The number of nitrogens with zero attached hydrogens (tertiary/aromatic N) is 1. The zero-order valence-corrected chi connectivity index (χ0v) is 16.5. The number of benzene rings is 2. The normalized spacial score (nSPS) is 11.3. The standard InChI is InChI=1S/C19H17BrF3NO4/c1-2-3-4-5-12-6-8-13(9-7-12)18(25)28-17-15(20)10-14(19(21,22)23)11-16(17)24(26)27/h6-11H,2-5H2,1H3. The summed E-state index contributed by atoms with van der Waals surface area (Å²) in [7, 11) is 0. The van der Waals surface area contributed by atoms with E-state index in [1.54, 1.807) is 12.1 Å². The first-order chi connectivity index (χ1) is 13.1. The molecule has 0 fully saturated rings. The molecule has 2 aromatic rings. The topological polar surface area (TPSA) is 69.4 Å². The number of nitro benzene ring substituents is 1. The maximum Gasteiger partial charge on any atom is 0.416 e. The minimum atomic E-state index is -4.77. The van der Waals surface area contributed by atoms with Gasteiger partial charge >= 0.3 is 17.8 Å². The van der Waals surface area contributed by atoms with E-state index in [0.717, 1.165) is 31.2 Å². The van der Waals surface area contributed by atoms with Gasteiger partial charge in [-0.3, -0.25) is 10.1 Å². The minimum Gasteiger partial charge on any atom is -0.414 e. The molecule has 0 atom stereocenters. The molecule has 0 saturated carbocycles. The first-order valence-electron chi connectivity index (χ1n) is 8.49. The molecule has 150 valence electrons. The van der Waals surface area contributed by atoms with E-state index in [-0.39, 0.29) is 10.0 Å². The summed E-state index contributed by atoms with van der Waals surface area (Å²) in [5.41, 5.74) is -0.999. The fourth-order valence-electron chi connectivity index (χ4n) is 2.52. The molecule has 2 aromatic carbocycles. The van der Waals surface area contributed by atoms with Gasteiger partial charge in [-0.25, -0.2) is 4.79 Å². The third-order valence-electron chi connectivity index (χ3n) is 4.00. The molecule has 0 unspecified atom stereocenters. The van der Waals surface area contributed by atoms with Gasteiger partial charge in [-0.15, -0.1) is 0 Å². The van der Waals surface area contributed by atoms with E-state index in [9.17, 15) is 28.1 Å². The van der Waals surface area contributed by atoms with Crippen molar-refractivity contribution in [1.82, 2.24) is 0 Å². The zero-order chi connectivity index (χ0) is 20.9. The van der Waals surface area contributed by atoms with E-state index in [4.69, 9.17) is 4.74 Å². The molecule has 9 heteroatoms. The quantitative estimate of drug-likeness (QED) is 0.159. The lowest BCUT2D eigenvalue weighted by Crippen LogP contribution is -2.12. The highest BCUT2D eigenvalue weighted by atomic mass is 79.9. The van der Waals surface area contributed by atoms with Gasteiger partial charge in [-0.2, -0.15) is 13.2 Å². The predicted molar refractivity (Wildman–Crippen MR) is 100 cm³/mol. The molecule has 0 radical (unpaired) electrons. The van der Waals surface area contributed by atoms with Crippen LogP contribution in [0.4, 0.5) is 18.9 Å². The monoisotopic (exact) mass is 459 g/mol. The number of aryl methyl sites for hydroxylation is 1. The van der Waals surface area contributed by atoms with Gasteiger partial charge in [0.1, 0.15) is 0 Å². The highest BCUT2D eigenvalue weighted by Crippen LogP contribution is 2.41. The summed E-state index contributed by atoms with van der Waals surface area (Å²) < 4.78 is 43.3. The molecule has 5 nitrogen and oxygen atoms in total. The molecule has 2 rings (SSSR count). The molecular weight excluding hydrogens is 443 g/mol. The molecule has 28 heavy (non-hydrogen) atoms. The number of nitro groups is 1. The van der Waals surface area contributed by atoms with Gasteiger partial charge in [0.05, 0.1) is 20.5 Å². The molecule has 0 N–H and O–H groups in total. The number of rotatable bonds is 7. The van der Waals surface area contributed by atoms with Crippen molar-refractivity contribution in [2.75, 3.05) is 0 Å². The molecule has 0 heterocycles. The van der Waals surface area contributed by atoms with Gasteiger partial charge in [0.15, 0.2) is 0 Å². The Morgan fingerprint density at radius 1 is 1.18 bits per heavy atom. The number of esters is 1. The van der Waals surface area contributed by atoms with Gasteiger partial charge in [-0.1, -0.05) is 31.9 Å². The van der Waals surface area contributed by atoms with Gasteiger partial charge in [0.2, 0.25) is 5.75 Å². The summed E-state index contributed by atoms with van der Waals surface area (Å²) in [6.07, 6.45) is -0.714. The van der Waals surface area contributed by atoms with Crippen LogP contribution in [0.2, 0.25) is 0 Å². The molecule has 0 aromatic heterocycles. The van der Waals surface area contributed by atoms with Crippen LogP contribution >= 0.6 is 15.9 Å². The molecule has 0 bridgehead atoms. The summed E-state index contributed by atoms with van der Waals surface area (Å²) >= 11 is 2.82. The average molecular weight is 460 g/mol. The maximum atomic E-state index is 12.9. The lowest BCUT2D eigenvalue weighted by molar-refractivity contribution is -0.385. The lowest BCUT2D eigenvalue weighted by Gasteiger charge is -2.11. The van der Waals surface area contributed by atoms with Crippen LogP contribution in [-0.4, -0.2) is 10.9 Å². The predicted octanol–water partition coefficient (Wildman–Crippen LogP) is 6.33. The Balaban J connectivity index is 2.24. The Morgan fingerprint density at radius 3 is 2.36 bits per heavy atom. The van der Waals surface area contributed by atoms with Crippen molar-refractivity contribution in [3.63, 3.8) is 0 Å². The van der Waals surface area contributed by atoms with Crippen molar-refractivity contribution >= 4 is 27.6 Å². The summed E-state index contributed by atoms with van der Waals surface area (Å²) in [5, 5.41) is 11.2. The van der Waals surface area contributed by atoms with Crippen molar-refractivity contribution in [3.05, 3.63) is 67.7 Å². The van der Waals surface area contributed by atoms with Crippen molar-refractivity contribution in [2.24, 2.45) is 0 Å². The number of alkyl halides is 3. The van der Waals surface area contributed by atoms with E-state index >= 15 is 0 Å². The molecule has 0 saturated heterocycles. The van der Waals surface area contributed by atoms with Crippen molar-refractivity contribution in [1.29, 1.82) is 0 Å². The second kappa shape index (κ2) is 9.18. The van der Waals surface area contributed by atoms with E-state index in [2.05, 4.69) is 22.9 Å². The van der Waals surface area contributed by atoms with Gasteiger partial charge in [0.25, 0.3) is 0 Å². The Bertz CT molecular complexity index is 867. The Hall–Kier alpha value is -2.42. The fraction of sp³-hybridized carbons (Fsp3) is 0.316. The summed E-state index contributed by atoms with van der Waals surface area (Å²) in [6.45, 7) is 2.09. The number of halogens is 4. The summed E-state index contributed by atoms with van der Waals surface area (Å²) in [5.74, 6) is -1.47. The third-order valence-corrected chi connectivity index (χ3v) is 4.59. The number of hydrogen-bond donors (Lipinski definition) is 0. The Morgan fingerprint density at radius 2 is 1.82 bits per heavy atom. The maximum absolute atomic E-state index is 12.9. The van der Waals surface area contributed by atoms with Crippen LogP contribution in [0.5, 0.6) is 5.75 Å². The largest absolute Gasteiger partial charge is 0.416 e. The first-order valence-corrected chi connectivity index (χ1v) is 9.29. The average Bonchev–Trinajstić information content (AvgIpc) is 2.62. The van der Waals surface area contributed by atoms with Crippen LogP contribution in [0.15, 0.2) is 40.9 Å². The second-order valence-corrected chi connectivity index (χ2v) is 6.96. The van der Waals surface area contributed by atoms with E-state index in [0.29, 0.717) is 12.1 Å². The number of carbonyl (C=O) groups is 1. The van der Waals surface area contributed by atoms with Crippen LogP contribution in [-0.2, 0) is 12.6 Å². The summed E-state index contributed by atoms with van der Waals surface area (Å²) in [6, 6.07) is 7.52. The molecule has 0 aliphatic heterocycles. The van der Waals surface area contributed by atoms with Crippen LogP contribution < -0.4 is 4.74 Å². The third kappa shape index (κ3) is 5.54. The van der Waals surface area contributed by atoms with Crippen molar-refractivity contribution in [2.45, 2.75) is 38.8 Å². The zero-order valence-electron chi connectivity index (χ0n) is 14.9. The van der Waals surface area contributed by atoms with E-state index in [1.807, 2.05) is 0 Å². The summed E-state index contributed by atoms with van der Waals surface area (Å²) in [4.78, 5) is 22.4. The minimum absolute atomic E-state index is 0.139. The van der Waals surface area contributed by atoms with Gasteiger partial charge in [-0.05, 0) is 52.5 Å². The van der Waals surface area contributed by atoms with E-state index in [1.165, 1.54) is 12.1 Å². The van der Waals surface area contributed by atoms with Crippen LogP contribution in [0.25, 0.3) is 0 Å². The van der Waals surface area contributed by atoms with Crippen molar-refractivity contribution in [3.8, 4) is 5.75 Å². The van der Waals surface area contributed by atoms with Crippen LogP contribution in [0.3, 0.4) is 0 Å². The highest BCUT2D eigenvalue weighted by Gasteiger charge is 2.35. The fourth-order valence-corrected chi connectivity index (χ4v) is 3.05. The van der Waals surface area contributed by atoms with Crippen molar-refractivity contribution < 1.29 is 27.6 Å². The number of hydrogen-bond acceptors (Lipinski definition) is 4. The first kappa shape index (κ1) is 21.9. The molecular formula is C19H17BrF3NO4. The Labute approximate surface area is 167 Å². The van der Waals surface area contributed by atoms with Crippen LogP contribution in [0, 0.1) is 10.1 Å². The molecule has 0 spiro atoms. The van der Waals surface area contributed by atoms with Crippen LogP contribution in [0.1, 0.15) is 47.7 Å². The SMILES string of the molecule is CCCCCc1ccc(C(=O)Oc2c(Br)cc(C(F)(F)F)cc2[N+](=O)[O-])cc1. The number of ether oxygens (including phenoxy) is 1. The van der Waals surface area contributed by atoms with E-state index < -0.39 is 34.1 Å². The highest BCUT2D eigenvalue weighted by molar-refractivity contribution is 9.10. The van der Waals surface area contributed by atoms with Gasteiger partial charge < -0.3 is 4.74 Å². The Kier molecular flexibility index (Phi) is 7.17. The van der Waals surface area contributed by atoms with Gasteiger partial charge in [0, 0.05) is 6.07 Å². The smallest absolute Gasteiger partial charge is 0.414 e.